The number of aryl methyl sites for hydroxylation is 1. The predicted molar refractivity (Wildman–Crippen MR) is 72.8 cm³/mol. The Kier molecular flexibility index (Phi) is 2.27. The Labute approximate surface area is 104 Å². The monoisotopic (exact) mass is 237 g/mol. The molecule has 0 N–H and O–H groups in total. The molecule has 0 fully saturated rings. The van der Waals surface area contributed by atoms with E-state index in [9.17, 15) is 10.1 Å². The van der Waals surface area contributed by atoms with Gasteiger partial charge in [-0.3, -0.25) is 10.1 Å². The van der Waals surface area contributed by atoms with Crippen LogP contribution in [0.4, 0.5) is 5.69 Å². The van der Waals surface area contributed by atoms with Gasteiger partial charge in [-0.05, 0) is 34.5 Å². The summed E-state index contributed by atoms with van der Waals surface area (Å²) in [4.78, 5) is 10.4. The average Bonchev–Trinajstić information content (AvgIpc) is 2.37. The fourth-order valence-corrected chi connectivity index (χ4v) is 2.29. The van der Waals surface area contributed by atoms with Crippen molar-refractivity contribution in [3.63, 3.8) is 0 Å². The molecule has 3 aromatic rings. The molecule has 0 aliphatic heterocycles. The molecule has 0 amide bonds. The van der Waals surface area contributed by atoms with Crippen molar-refractivity contribution in [1.29, 1.82) is 0 Å². The van der Waals surface area contributed by atoms with Crippen LogP contribution in [-0.2, 0) is 0 Å². The molecular formula is C15H11NO2. The fourth-order valence-electron chi connectivity index (χ4n) is 2.29. The van der Waals surface area contributed by atoms with Gasteiger partial charge in [0.15, 0.2) is 0 Å². The summed E-state index contributed by atoms with van der Waals surface area (Å²) in [5.74, 6) is 0. The molecule has 0 aromatic heterocycles. The Hall–Kier alpha value is -2.42. The van der Waals surface area contributed by atoms with E-state index < -0.39 is 0 Å². The summed E-state index contributed by atoms with van der Waals surface area (Å²) in [6.07, 6.45) is 0. The predicted octanol–water partition coefficient (Wildman–Crippen LogP) is 4.21. The van der Waals surface area contributed by atoms with Crippen LogP contribution in [0.25, 0.3) is 21.5 Å². The van der Waals surface area contributed by atoms with E-state index in [2.05, 4.69) is 25.1 Å². The Balaban J connectivity index is 2.38. The summed E-state index contributed by atoms with van der Waals surface area (Å²) < 4.78 is 0. The number of benzene rings is 3. The van der Waals surface area contributed by atoms with Crippen LogP contribution in [0.15, 0.2) is 48.5 Å². The van der Waals surface area contributed by atoms with E-state index >= 15 is 0 Å². The van der Waals surface area contributed by atoms with E-state index in [1.807, 2.05) is 18.2 Å². The highest BCUT2D eigenvalue weighted by atomic mass is 16.6. The molecule has 0 atom stereocenters. The molecule has 0 saturated heterocycles. The van der Waals surface area contributed by atoms with Gasteiger partial charge in [-0.15, -0.1) is 0 Å². The molecule has 0 unspecified atom stereocenters. The number of rotatable bonds is 1. The minimum absolute atomic E-state index is 0.133. The first kappa shape index (κ1) is 10.7. The van der Waals surface area contributed by atoms with Crippen molar-refractivity contribution >= 4 is 27.2 Å². The van der Waals surface area contributed by atoms with Crippen molar-refractivity contribution in [2.45, 2.75) is 6.92 Å². The molecule has 0 bridgehead atoms. The first-order chi connectivity index (χ1) is 8.65. The quantitative estimate of drug-likeness (QED) is 0.361. The number of hydrogen-bond acceptors (Lipinski definition) is 2. The van der Waals surface area contributed by atoms with Gasteiger partial charge in [-0.1, -0.05) is 35.9 Å². The first-order valence-corrected chi connectivity index (χ1v) is 5.73. The van der Waals surface area contributed by atoms with E-state index in [-0.39, 0.29) is 10.6 Å². The second-order valence-electron chi connectivity index (χ2n) is 4.45. The van der Waals surface area contributed by atoms with Crippen LogP contribution in [0.2, 0.25) is 0 Å². The van der Waals surface area contributed by atoms with E-state index in [1.54, 1.807) is 12.1 Å². The molecule has 0 heterocycles. The van der Waals surface area contributed by atoms with Crippen LogP contribution in [0.3, 0.4) is 0 Å². The Morgan fingerprint density at radius 1 is 0.889 bits per heavy atom. The van der Waals surface area contributed by atoms with E-state index in [0.29, 0.717) is 0 Å². The molecule has 0 radical (unpaired) electrons. The van der Waals surface area contributed by atoms with Crippen LogP contribution in [0, 0.1) is 17.0 Å². The Morgan fingerprint density at radius 3 is 2.17 bits per heavy atom. The second-order valence-corrected chi connectivity index (χ2v) is 4.45. The lowest BCUT2D eigenvalue weighted by Gasteiger charge is -2.04. The summed E-state index contributed by atoms with van der Waals surface area (Å²) in [7, 11) is 0. The van der Waals surface area contributed by atoms with E-state index in [0.717, 1.165) is 21.5 Å². The van der Waals surface area contributed by atoms with Gasteiger partial charge in [0.1, 0.15) is 0 Å². The highest BCUT2D eigenvalue weighted by Gasteiger charge is 2.07. The molecule has 3 aromatic carbocycles. The Morgan fingerprint density at radius 2 is 1.50 bits per heavy atom. The van der Waals surface area contributed by atoms with Gasteiger partial charge in [0.25, 0.3) is 5.69 Å². The number of fused-ring (bicyclic) bond motifs is 3. The average molecular weight is 237 g/mol. The summed E-state index contributed by atoms with van der Waals surface area (Å²) in [5, 5.41) is 15.0. The number of hydrogen-bond donors (Lipinski definition) is 0. The third-order valence-corrected chi connectivity index (χ3v) is 3.19. The van der Waals surface area contributed by atoms with Gasteiger partial charge >= 0.3 is 0 Å². The maximum atomic E-state index is 10.8. The molecule has 3 rings (SSSR count). The van der Waals surface area contributed by atoms with Crippen molar-refractivity contribution in [3.05, 3.63) is 64.2 Å². The molecule has 18 heavy (non-hydrogen) atoms. The number of nitro benzene ring substituents is 1. The lowest BCUT2D eigenvalue weighted by molar-refractivity contribution is -0.384. The largest absolute Gasteiger partial charge is 0.270 e. The van der Waals surface area contributed by atoms with Crippen molar-refractivity contribution < 1.29 is 4.92 Å². The minimum atomic E-state index is -0.362. The van der Waals surface area contributed by atoms with Crippen LogP contribution in [0.1, 0.15) is 5.56 Å². The van der Waals surface area contributed by atoms with Gasteiger partial charge in [-0.25, -0.2) is 0 Å². The molecule has 88 valence electrons. The van der Waals surface area contributed by atoms with Gasteiger partial charge in [0, 0.05) is 12.1 Å². The van der Waals surface area contributed by atoms with Gasteiger partial charge in [0.2, 0.25) is 0 Å². The van der Waals surface area contributed by atoms with E-state index in [4.69, 9.17) is 0 Å². The summed E-state index contributed by atoms with van der Waals surface area (Å²) >= 11 is 0. The van der Waals surface area contributed by atoms with Crippen LogP contribution in [-0.4, -0.2) is 4.92 Å². The van der Waals surface area contributed by atoms with Crippen molar-refractivity contribution in [3.8, 4) is 0 Å². The molecule has 0 saturated carbocycles. The normalized spacial score (nSPS) is 10.9. The van der Waals surface area contributed by atoms with Crippen LogP contribution >= 0.6 is 0 Å². The van der Waals surface area contributed by atoms with Crippen LogP contribution < -0.4 is 0 Å². The molecular weight excluding hydrogens is 226 g/mol. The first-order valence-electron chi connectivity index (χ1n) is 5.73. The maximum Gasteiger partial charge on any atom is 0.270 e. The summed E-state index contributed by atoms with van der Waals surface area (Å²) in [6, 6.07) is 15.2. The minimum Gasteiger partial charge on any atom is -0.258 e. The summed E-state index contributed by atoms with van der Waals surface area (Å²) in [5.41, 5.74) is 1.35. The standard InChI is InChI=1S/C15H11NO2/c1-10-2-6-14-11(8-10)3-4-12-9-13(16(17)18)5-7-15(12)14/h2-9H,1H3. The summed E-state index contributed by atoms with van der Waals surface area (Å²) in [6.45, 7) is 2.06. The fraction of sp³-hybridized carbons (Fsp3) is 0.0667. The number of non-ortho nitro benzene ring substituents is 1. The van der Waals surface area contributed by atoms with Gasteiger partial charge in [0.05, 0.1) is 4.92 Å². The Bertz CT molecular complexity index is 778. The topological polar surface area (TPSA) is 43.1 Å². The second kappa shape index (κ2) is 3.81. The molecule has 3 heteroatoms. The molecule has 0 aliphatic carbocycles. The van der Waals surface area contributed by atoms with Crippen molar-refractivity contribution in [2.24, 2.45) is 0 Å². The number of nitrogens with zero attached hydrogens (tertiary/aromatic N) is 1. The number of nitro groups is 1. The third kappa shape index (κ3) is 1.61. The van der Waals surface area contributed by atoms with Crippen LogP contribution in [0.5, 0.6) is 0 Å². The lowest BCUT2D eigenvalue weighted by atomic mass is 10.0. The highest BCUT2D eigenvalue weighted by molar-refractivity contribution is 6.08. The van der Waals surface area contributed by atoms with E-state index in [1.165, 1.54) is 5.56 Å². The lowest BCUT2D eigenvalue weighted by Crippen LogP contribution is -1.87. The van der Waals surface area contributed by atoms with Gasteiger partial charge in [-0.2, -0.15) is 0 Å². The smallest absolute Gasteiger partial charge is 0.258 e. The molecule has 3 nitrogen and oxygen atoms in total. The zero-order valence-electron chi connectivity index (χ0n) is 9.88. The van der Waals surface area contributed by atoms with Crippen molar-refractivity contribution in [1.82, 2.24) is 0 Å². The van der Waals surface area contributed by atoms with Crippen molar-refractivity contribution in [2.75, 3.05) is 0 Å². The zero-order chi connectivity index (χ0) is 12.7. The highest BCUT2D eigenvalue weighted by Crippen LogP contribution is 2.28. The molecule has 0 aliphatic rings. The zero-order valence-corrected chi connectivity index (χ0v) is 9.88. The van der Waals surface area contributed by atoms with Gasteiger partial charge < -0.3 is 0 Å². The molecule has 0 spiro atoms. The SMILES string of the molecule is Cc1ccc2c(ccc3cc([N+](=O)[O-])ccc32)c1. The maximum absolute atomic E-state index is 10.8. The third-order valence-electron chi connectivity index (χ3n) is 3.19.